The fraction of sp³-hybridized carbons (Fsp3) is 0.467. The third-order valence-corrected chi connectivity index (χ3v) is 4.86. The number of rotatable bonds is 3. The van der Waals surface area contributed by atoms with Crippen molar-refractivity contribution in [1.29, 1.82) is 0 Å². The summed E-state index contributed by atoms with van der Waals surface area (Å²) in [5, 5.41) is 1.89. The maximum absolute atomic E-state index is 11.6. The molecule has 7 nitrogen and oxygen atoms in total. The Bertz CT molecular complexity index is 663. The fourth-order valence-corrected chi connectivity index (χ4v) is 3.45. The van der Waals surface area contributed by atoms with E-state index in [4.69, 9.17) is 0 Å². The van der Waals surface area contributed by atoms with Gasteiger partial charge in [0.25, 0.3) is 11.1 Å². The summed E-state index contributed by atoms with van der Waals surface area (Å²) in [6.45, 7) is 2.11. The summed E-state index contributed by atoms with van der Waals surface area (Å²) >= 11 is 0.892. The van der Waals surface area contributed by atoms with Gasteiger partial charge in [-0.2, -0.15) is 0 Å². The molecule has 2 amide bonds. The molecule has 0 radical (unpaired) electrons. The number of thioether (sulfide) groups is 1. The molecule has 8 heteroatoms. The molecule has 1 N–H and O–H groups in total. The quantitative estimate of drug-likeness (QED) is 0.836. The van der Waals surface area contributed by atoms with Crippen LogP contribution in [0.4, 0.5) is 10.7 Å². The van der Waals surface area contributed by atoms with Gasteiger partial charge < -0.3 is 9.80 Å². The highest BCUT2D eigenvalue weighted by Gasteiger charge is 2.26. The van der Waals surface area contributed by atoms with Crippen molar-refractivity contribution < 1.29 is 9.59 Å². The van der Waals surface area contributed by atoms with Crippen LogP contribution in [0.3, 0.4) is 0 Å². The zero-order chi connectivity index (χ0) is 16.4. The Hall–Kier alpha value is -1.93. The highest BCUT2D eigenvalue weighted by molar-refractivity contribution is 8.18. The number of aromatic nitrogens is 2. The number of piperidine rings is 1. The summed E-state index contributed by atoms with van der Waals surface area (Å²) in [4.78, 5) is 36.4. The Labute approximate surface area is 139 Å². The van der Waals surface area contributed by atoms with Crippen LogP contribution in [0.2, 0.25) is 0 Å². The average Bonchev–Trinajstić information content (AvgIpc) is 2.84. The Morgan fingerprint density at radius 3 is 3.00 bits per heavy atom. The molecule has 0 aliphatic carbocycles. The predicted octanol–water partition coefficient (Wildman–Crippen LogP) is 1.33. The maximum Gasteiger partial charge on any atom is 0.290 e. The molecule has 122 valence electrons. The van der Waals surface area contributed by atoms with E-state index in [1.54, 1.807) is 18.3 Å². The van der Waals surface area contributed by atoms with Gasteiger partial charge in [-0.15, -0.1) is 0 Å². The number of likely N-dealkylation sites (N-methyl/N-ethyl adjacent to an activating group) is 2. The Morgan fingerprint density at radius 1 is 1.48 bits per heavy atom. The largest absolute Gasteiger partial charge is 0.340 e. The third-order valence-electron chi connectivity index (χ3n) is 4.05. The third kappa shape index (κ3) is 3.70. The van der Waals surface area contributed by atoms with Gasteiger partial charge in [-0.3, -0.25) is 14.9 Å². The Balaban J connectivity index is 1.78. The smallest absolute Gasteiger partial charge is 0.290 e. The van der Waals surface area contributed by atoms with Crippen molar-refractivity contribution in [3.05, 3.63) is 22.9 Å². The number of imide groups is 1. The van der Waals surface area contributed by atoms with Crippen LogP contribution in [-0.4, -0.2) is 59.2 Å². The Morgan fingerprint density at radius 2 is 2.30 bits per heavy atom. The summed E-state index contributed by atoms with van der Waals surface area (Å²) in [6, 6.07) is 2.11. The number of anilines is 1. The van der Waals surface area contributed by atoms with Crippen molar-refractivity contribution in [2.75, 3.05) is 32.1 Å². The van der Waals surface area contributed by atoms with Crippen LogP contribution in [-0.2, 0) is 4.79 Å². The monoisotopic (exact) mass is 333 g/mol. The molecular weight excluding hydrogens is 314 g/mol. The van der Waals surface area contributed by atoms with E-state index in [2.05, 4.69) is 32.1 Å². The van der Waals surface area contributed by atoms with Gasteiger partial charge in [-0.25, -0.2) is 9.97 Å². The molecule has 2 fully saturated rings. The van der Waals surface area contributed by atoms with Crippen LogP contribution >= 0.6 is 11.8 Å². The SMILES string of the molecule is CN1CCC[C@H](N(C)c2nccc(/C=C3\SC(=O)NC3=O)n2)C1. The molecule has 1 aromatic rings. The van der Waals surface area contributed by atoms with E-state index in [0.717, 1.165) is 37.7 Å². The van der Waals surface area contributed by atoms with Crippen molar-refractivity contribution in [2.24, 2.45) is 0 Å². The van der Waals surface area contributed by atoms with Crippen LogP contribution in [0.15, 0.2) is 17.2 Å². The van der Waals surface area contributed by atoms with Gasteiger partial charge in [0.15, 0.2) is 0 Å². The zero-order valence-corrected chi connectivity index (χ0v) is 14.0. The normalized spacial score (nSPS) is 24.1. The van der Waals surface area contributed by atoms with Crippen molar-refractivity contribution in [2.45, 2.75) is 18.9 Å². The van der Waals surface area contributed by atoms with Gasteiger partial charge in [0.2, 0.25) is 5.95 Å². The topological polar surface area (TPSA) is 78.4 Å². The number of amides is 2. The van der Waals surface area contributed by atoms with Gasteiger partial charge in [0.05, 0.1) is 10.6 Å². The highest BCUT2D eigenvalue weighted by Crippen LogP contribution is 2.25. The first-order valence-electron chi connectivity index (χ1n) is 7.52. The van der Waals surface area contributed by atoms with Gasteiger partial charge in [0, 0.05) is 25.8 Å². The molecule has 1 atom stereocenters. The van der Waals surface area contributed by atoms with Crippen LogP contribution in [0, 0.1) is 0 Å². The van der Waals surface area contributed by atoms with Crippen molar-refractivity contribution >= 4 is 34.9 Å². The minimum Gasteiger partial charge on any atom is -0.340 e. The number of hydrogen-bond acceptors (Lipinski definition) is 7. The van der Waals surface area contributed by atoms with Crippen LogP contribution in [0.1, 0.15) is 18.5 Å². The van der Waals surface area contributed by atoms with E-state index in [1.165, 1.54) is 0 Å². The molecule has 0 spiro atoms. The van der Waals surface area contributed by atoms with E-state index in [0.29, 0.717) is 22.6 Å². The van der Waals surface area contributed by atoms with Gasteiger partial charge in [0.1, 0.15) is 0 Å². The molecule has 2 aliphatic heterocycles. The zero-order valence-electron chi connectivity index (χ0n) is 13.2. The molecule has 2 saturated heterocycles. The van der Waals surface area contributed by atoms with Crippen molar-refractivity contribution in [1.82, 2.24) is 20.2 Å². The fourth-order valence-electron chi connectivity index (χ4n) is 2.79. The molecule has 0 bridgehead atoms. The maximum atomic E-state index is 11.6. The standard InChI is InChI=1S/C15H19N5O2S/c1-19-7-3-4-11(9-19)20(2)14-16-6-5-10(17-14)8-12-13(21)18-15(22)23-12/h5-6,8,11H,3-4,7,9H2,1-2H3,(H,18,21,22)/b12-8-/t11-/m0/s1. The lowest BCUT2D eigenvalue weighted by atomic mass is 10.1. The number of hydrogen-bond donors (Lipinski definition) is 1. The molecule has 1 aromatic heterocycles. The summed E-state index contributed by atoms with van der Waals surface area (Å²) < 4.78 is 0. The summed E-state index contributed by atoms with van der Waals surface area (Å²) in [7, 11) is 4.12. The van der Waals surface area contributed by atoms with E-state index in [-0.39, 0.29) is 11.1 Å². The molecule has 3 heterocycles. The lowest BCUT2D eigenvalue weighted by Crippen LogP contribution is -2.45. The first kappa shape index (κ1) is 15.9. The van der Waals surface area contributed by atoms with Crippen LogP contribution in [0.5, 0.6) is 0 Å². The Kier molecular flexibility index (Phi) is 4.63. The highest BCUT2D eigenvalue weighted by atomic mass is 32.2. The molecular formula is C15H19N5O2S. The second-order valence-corrected chi connectivity index (χ2v) is 6.82. The molecule has 0 saturated carbocycles. The number of nitrogens with one attached hydrogen (secondary N) is 1. The van der Waals surface area contributed by atoms with E-state index in [9.17, 15) is 9.59 Å². The first-order chi connectivity index (χ1) is 11.0. The van der Waals surface area contributed by atoms with Gasteiger partial charge in [-0.05, 0) is 50.3 Å². The molecule has 23 heavy (non-hydrogen) atoms. The predicted molar refractivity (Wildman–Crippen MR) is 90.1 cm³/mol. The van der Waals surface area contributed by atoms with Crippen molar-refractivity contribution in [3.63, 3.8) is 0 Å². The first-order valence-corrected chi connectivity index (χ1v) is 8.34. The van der Waals surface area contributed by atoms with Gasteiger partial charge >= 0.3 is 0 Å². The average molecular weight is 333 g/mol. The van der Waals surface area contributed by atoms with E-state index in [1.807, 2.05) is 7.05 Å². The summed E-state index contributed by atoms with van der Waals surface area (Å²) in [6.07, 6.45) is 5.57. The molecule has 0 unspecified atom stereocenters. The number of carbonyl (C=O) groups is 2. The number of nitrogens with zero attached hydrogens (tertiary/aromatic N) is 4. The molecule has 0 aromatic carbocycles. The van der Waals surface area contributed by atoms with Crippen LogP contribution < -0.4 is 10.2 Å². The lowest BCUT2D eigenvalue weighted by Gasteiger charge is -2.35. The summed E-state index contributed by atoms with van der Waals surface area (Å²) in [5.41, 5.74) is 0.623. The van der Waals surface area contributed by atoms with E-state index < -0.39 is 0 Å². The number of carbonyl (C=O) groups excluding carboxylic acids is 2. The van der Waals surface area contributed by atoms with Crippen molar-refractivity contribution in [3.8, 4) is 0 Å². The minimum absolute atomic E-state index is 0.349. The second kappa shape index (κ2) is 6.67. The number of likely N-dealkylation sites (tertiary alicyclic amines) is 1. The molecule has 3 rings (SSSR count). The van der Waals surface area contributed by atoms with E-state index >= 15 is 0 Å². The summed E-state index contributed by atoms with van der Waals surface area (Å²) in [5.74, 6) is 0.261. The van der Waals surface area contributed by atoms with Gasteiger partial charge in [-0.1, -0.05) is 0 Å². The second-order valence-electron chi connectivity index (χ2n) is 5.80. The molecule has 2 aliphatic rings. The minimum atomic E-state index is -0.373. The van der Waals surface area contributed by atoms with Crippen LogP contribution in [0.25, 0.3) is 6.08 Å². The lowest BCUT2D eigenvalue weighted by molar-refractivity contribution is -0.115.